The summed E-state index contributed by atoms with van der Waals surface area (Å²) in [7, 11) is 4.24. The topological polar surface area (TPSA) is 76.2 Å². The summed E-state index contributed by atoms with van der Waals surface area (Å²) < 4.78 is 0. The first-order valence-electron chi connectivity index (χ1n) is 10.3. The van der Waals surface area contributed by atoms with E-state index in [1.807, 2.05) is 6.20 Å². The zero-order chi connectivity index (χ0) is 20.2. The predicted molar refractivity (Wildman–Crippen MR) is 116 cm³/mol. The molecule has 5 heterocycles. The van der Waals surface area contributed by atoms with Gasteiger partial charge in [0.2, 0.25) is 0 Å². The molecule has 0 aliphatic carbocycles. The number of nitrogens with one attached hydrogen (secondary N) is 2. The van der Waals surface area contributed by atoms with Crippen LogP contribution in [0.2, 0.25) is 0 Å². The predicted octanol–water partition coefficient (Wildman–Crippen LogP) is 3.18. The fourth-order valence-electron chi connectivity index (χ4n) is 4.74. The minimum absolute atomic E-state index is 0.0243. The highest BCUT2D eigenvalue weighted by Crippen LogP contribution is 2.38. The molecule has 0 aromatic carbocycles. The van der Waals surface area contributed by atoms with Gasteiger partial charge in [0.05, 0.1) is 17.0 Å². The molecule has 8 heteroatoms. The standard InChI is InChI=1S/C21H28N8/c1-5-16-14-6-7-17(25-19(14)26-28(16)4)27(3)21(2)9-11-29(12-21)20-15-8-10-22-18(15)23-13-24-20/h6-8,10,13,16H,5,9,11-12H2,1-4H3,(H,25,26)(H,22,23,24). The minimum atomic E-state index is -0.0243. The van der Waals surface area contributed by atoms with Gasteiger partial charge in [-0.25, -0.2) is 20.0 Å². The van der Waals surface area contributed by atoms with E-state index in [-0.39, 0.29) is 5.54 Å². The highest BCUT2D eigenvalue weighted by Gasteiger charge is 2.39. The van der Waals surface area contributed by atoms with E-state index in [0.717, 1.165) is 54.4 Å². The number of nitrogens with zero attached hydrogens (tertiary/aromatic N) is 6. The summed E-state index contributed by atoms with van der Waals surface area (Å²) in [6.45, 7) is 6.37. The number of H-pyrrole nitrogens is 1. The third-order valence-electron chi connectivity index (χ3n) is 6.64. The normalized spacial score (nSPS) is 24.1. The van der Waals surface area contributed by atoms with Crippen LogP contribution >= 0.6 is 0 Å². The molecule has 0 bridgehead atoms. The number of likely N-dealkylation sites (N-methyl/N-ethyl adjacent to an activating group) is 1. The first-order chi connectivity index (χ1) is 14.0. The first kappa shape index (κ1) is 18.2. The molecule has 8 nitrogen and oxygen atoms in total. The molecular weight excluding hydrogens is 364 g/mol. The van der Waals surface area contributed by atoms with Gasteiger partial charge in [-0.05, 0) is 38.0 Å². The fourth-order valence-corrected chi connectivity index (χ4v) is 4.74. The molecule has 0 spiro atoms. The summed E-state index contributed by atoms with van der Waals surface area (Å²) in [4.78, 5) is 21.7. The second kappa shape index (κ2) is 6.59. The van der Waals surface area contributed by atoms with Crippen molar-refractivity contribution in [2.75, 3.05) is 42.4 Å². The van der Waals surface area contributed by atoms with Crippen LogP contribution in [0.15, 0.2) is 30.7 Å². The minimum Gasteiger partial charge on any atom is -0.354 e. The van der Waals surface area contributed by atoms with E-state index in [1.54, 1.807) is 6.33 Å². The molecule has 152 valence electrons. The zero-order valence-electron chi connectivity index (χ0n) is 17.5. The van der Waals surface area contributed by atoms with Crippen molar-refractivity contribution in [2.45, 2.75) is 38.3 Å². The van der Waals surface area contributed by atoms with E-state index in [1.165, 1.54) is 5.56 Å². The van der Waals surface area contributed by atoms with Crippen LogP contribution in [0.4, 0.5) is 17.5 Å². The second-order valence-corrected chi connectivity index (χ2v) is 8.42. The molecular formula is C21H28N8. The number of hydrogen-bond donors (Lipinski definition) is 2. The Hall–Kier alpha value is -2.87. The number of aromatic amines is 1. The Kier molecular flexibility index (Phi) is 4.13. The Morgan fingerprint density at radius 2 is 2.14 bits per heavy atom. The molecule has 2 N–H and O–H groups in total. The lowest BCUT2D eigenvalue weighted by Gasteiger charge is -2.36. The van der Waals surface area contributed by atoms with Gasteiger partial charge in [0, 0.05) is 38.9 Å². The van der Waals surface area contributed by atoms with Gasteiger partial charge in [0.15, 0.2) is 0 Å². The number of aromatic nitrogens is 4. The monoisotopic (exact) mass is 392 g/mol. The summed E-state index contributed by atoms with van der Waals surface area (Å²) in [5.41, 5.74) is 5.55. The zero-order valence-corrected chi connectivity index (χ0v) is 17.5. The Morgan fingerprint density at radius 3 is 2.97 bits per heavy atom. The maximum Gasteiger partial charge on any atom is 0.147 e. The first-order valence-corrected chi connectivity index (χ1v) is 10.3. The smallest absolute Gasteiger partial charge is 0.147 e. The van der Waals surface area contributed by atoms with Crippen LogP contribution in [0.25, 0.3) is 11.0 Å². The molecule has 5 rings (SSSR count). The van der Waals surface area contributed by atoms with E-state index in [4.69, 9.17) is 4.98 Å². The van der Waals surface area contributed by atoms with Gasteiger partial charge in [-0.3, -0.25) is 0 Å². The lowest BCUT2D eigenvalue weighted by molar-refractivity contribution is 0.312. The fraction of sp³-hybridized carbons (Fsp3) is 0.476. The van der Waals surface area contributed by atoms with Crippen LogP contribution in [0, 0.1) is 0 Å². The van der Waals surface area contributed by atoms with Crippen LogP contribution in [0.5, 0.6) is 0 Å². The van der Waals surface area contributed by atoms with Gasteiger partial charge in [-0.15, -0.1) is 0 Å². The maximum absolute atomic E-state index is 4.96. The third kappa shape index (κ3) is 2.81. The van der Waals surface area contributed by atoms with Crippen LogP contribution in [-0.2, 0) is 0 Å². The maximum atomic E-state index is 4.96. The largest absolute Gasteiger partial charge is 0.354 e. The van der Waals surface area contributed by atoms with Crippen molar-refractivity contribution in [3.63, 3.8) is 0 Å². The number of fused-ring (bicyclic) bond motifs is 2. The Labute approximate surface area is 170 Å². The van der Waals surface area contributed by atoms with Gasteiger partial charge >= 0.3 is 0 Å². The molecule has 2 aliphatic heterocycles. The summed E-state index contributed by atoms with van der Waals surface area (Å²) >= 11 is 0. The van der Waals surface area contributed by atoms with E-state index >= 15 is 0 Å². The molecule has 1 saturated heterocycles. The molecule has 1 fully saturated rings. The molecule has 2 atom stereocenters. The van der Waals surface area contributed by atoms with Gasteiger partial charge in [-0.2, -0.15) is 0 Å². The molecule has 2 unspecified atom stereocenters. The number of hydrogen-bond acceptors (Lipinski definition) is 7. The summed E-state index contributed by atoms with van der Waals surface area (Å²) in [6.07, 6.45) is 5.67. The van der Waals surface area contributed by atoms with Crippen molar-refractivity contribution in [1.29, 1.82) is 0 Å². The van der Waals surface area contributed by atoms with Crippen LogP contribution in [-0.4, -0.2) is 57.7 Å². The second-order valence-electron chi connectivity index (χ2n) is 8.42. The van der Waals surface area contributed by atoms with Gasteiger partial charge in [0.1, 0.15) is 29.4 Å². The van der Waals surface area contributed by atoms with Crippen molar-refractivity contribution in [3.8, 4) is 0 Å². The third-order valence-corrected chi connectivity index (χ3v) is 6.64. The average Bonchev–Trinajstić information content (AvgIpc) is 3.43. The molecule has 29 heavy (non-hydrogen) atoms. The van der Waals surface area contributed by atoms with Crippen LogP contribution in [0.1, 0.15) is 38.3 Å². The number of pyridine rings is 1. The number of rotatable bonds is 4. The molecule has 0 radical (unpaired) electrons. The van der Waals surface area contributed by atoms with Crippen molar-refractivity contribution in [3.05, 3.63) is 36.3 Å². The molecule has 3 aromatic rings. The van der Waals surface area contributed by atoms with E-state index in [2.05, 4.69) is 81.3 Å². The summed E-state index contributed by atoms with van der Waals surface area (Å²) in [5, 5.41) is 3.23. The average molecular weight is 393 g/mol. The lowest BCUT2D eigenvalue weighted by Crippen LogP contribution is -2.46. The number of hydrazine groups is 1. The van der Waals surface area contributed by atoms with Crippen molar-refractivity contribution < 1.29 is 0 Å². The van der Waals surface area contributed by atoms with Crippen LogP contribution < -0.4 is 15.2 Å². The molecule has 0 amide bonds. The molecule has 3 aromatic heterocycles. The van der Waals surface area contributed by atoms with Crippen molar-refractivity contribution in [2.24, 2.45) is 0 Å². The quantitative estimate of drug-likeness (QED) is 0.706. The summed E-state index contributed by atoms with van der Waals surface area (Å²) in [6, 6.07) is 6.82. The molecule has 2 aliphatic rings. The van der Waals surface area contributed by atoms with E-state index in [0.29, 0.717) is 6.04 Å². The highest BCUT2D eigenvalue weighted by molar-refractivity contribution is 5.87. The Balaban J connectivity index is 1.40. The Bertz CT molecular complexity index is 1050. The lowest BCUT2D eigenvalue weighted by atomic mass is 9.99. The summed E-state index contributed by atoms with van der Waals surface area (Å²) in [5.74, 6) is 2.98. The Morgan fingerprint density at radius 1 is 1.28 bits per heavy atom. The number of anilines is 3. The van der Waals surface area contributed by atoms with Gasteiger partial charge < -0.3 is 20.2 Å². The highest BCUT2D eigenvalue weighted by atomic mass is 15.5. The van der Waals surface area contributed by atoms with Crippen molar-refractivity contribution in [1.82, 2.24) is 24.9 Å². The van der Waals surface area contributed by atoms with Crippen molar-refractivity contribution >= 4 is 28.5 Å². The van der Waals surface area contributed by atoms with E-state index < -0.39 is 0 Å². The van der Waals surface area contributed by atoms with Gasteiger partial charge in [-0.1, -0.05) is 6.92 Å². The SMILES string of the molecule is CCC1c2ccc(N(C)C3(C)CCN(c4ncnc5[nH]ccc45)C3)nc2NN1C. The van der Waals surface area contributed by atoms with Crippen LogP contribution in [0.3, 0.4) is 0 Å². The molecule has 0 saturated carbocycles. The van der Waals surface area contributed by atoms with Gasteiger partial charge in [0.25, 0.3) is 0 Å². The van der Waals surface area contributed by atoms with E-state index in [9.17, 15) is 0 Å².